The van der Waals surface area contributed by atoms with Gasteiger partial charge in [0.2, 0.25) is 5.28 Å². The van der Waals surface area contributed by atoms with Crippen LogP contribution in [0.25, 0.3) is 11.2 Å². The van der Waals surface area contributed by atoms with Crippen LogP contribution in [-0.4, -0.2) is 33.6 Å². The molecule has 3 aromatic rings. The van der Waals surface area contributed by atoms with Crippen LogP contribution in [0, 0.1) is 11.8 Å². The van der Waals surface area contributed by atoms with E-state index in [4.69, 9.17) is 16.3 Å². The van der Waals surface area contributed by atoms with Crippen LogP contribution >= 0.6 is 11.6 Å². The Morgan fingerprint density at radius 2 is 1.61 bits per heavy atom. The van der Waals surface area contributed by atoms with E-state index in [9.17, 15) is 18.0 Å². The third-order valence-corrected chi connectivity index (χ3v) is 7.88. The molecule has 1 aromatic carbocycles. The lowest BCUT2D eigenvalue weighted by molar-refractivity contribution is 0.414. The van der Waals surface area contributed by atoms with Crippen molar-refractivity contribution >= 4 is 32.8 Å². The van der Waals surface area contributed by atoms with Crippen molar-refractivity contribution in [3.63, 3.8) is 0 Å². The Bertz CT molecular complexity index is 1400. The number of benzene rings is 1. The van der Waals surface area contributed by atoms with Gasteiger partial charge in [-0.05, 0) is 73.4 Å². The van der Waals surface area contributed by atoms with Gasteiger partial charge >= 0.3 is 5.69 Å². The summed E-state index contributed by atoms with van der Waals surface area (Å²) >= 11 is 6.26. The van der Waals surface area contributed by atoms with Crippen LogP contribution in [0.5, 0.6) is 5.75 Å². The lowest BCUT2D eigenvalue weighted by Gasteiger charge is -2.12. The third-order valence-electron chi connectivity index (χ3n) is 5.82. The summed E-state index contributed by atoms with van der Waals surface area (Å²) in [6.07, 6.45) is 3.84. The highest BCUT2D eigenvalue weighted by Gasteiger charge is 2.32. The monoisotopic (exact) mass is 464 g/mol. The van der Waals surface area contributed by atoms with Crippen molar-refractivity contribution < 1.29 is 13.2 Å². The first kappa shape index (κ1) is 20.3. The van der Waals surface area contributed by atoms with Gasteiger partial charge in [0.05, 0.1) is 12.0 Å². The van der Waals surface area contributed by atoms with Crippen LogP contribution in [0.1, 0.15) is 25.7 Å². The van der Waals surface area contributed by atoms with E-state index in [0.29, 0.717) is 18.2 Å². The first-order valence-electron chi connectivity index (χ1n) is 10.1. The van der Waals surface area contributed by atoms with Crippen molar-refractivity contribution in [3.05, 3.63) is 50.4 Å². The Labute approximate surface area is 182 Å². The molecule has 0 spiro atoms. The minimum Gasteiger partial charge on any atom is -0.497 e. The number of methoxy groups -OCH3 is 1. The number of hydrogen-bond acceptors (Lipinski definition) is 6. The van der Waals surface area contributed by atoms with Crippen LogP contribution < -0.4 is 16.0 Å². The van der Waals surface area contributed by atoms with E-state index in [0.717, 1.165) is 34.2 Å². The summed E-state index contributed by atoms with van der Waals surface area (Å²) in [4.78, 5) is 30.5. The minimum atomic E-state index is -4.23. The lowest BCUT2D eigenvalue weighted by Crippen LogP contribution is -2.41. The summed E-state index contributed by atoms with van der Waals surface area (Å²) in [6, 6.07) is 5.77. The van der Waals surface area contributed by atoms with Crippen LogP contribution in [0.15, 0.2) is 38.8 Å². The fourth-order valence-electron chi connectivity index (χ4n) is 3.71. The van der Waals surface area contributed by atoms with Gasteiger partial charge in [0.1, 0.15) is 5.75 Å². The summed E-state index contributed by atoms with van der Waals surface area (Å²) in [5, 5.41) is -0.379. The molecule has 31 heavy (non-hydrogen) atoms. The van der Waals surface area contributed by atoms with Gasteiger partial charge in [-0.2, -0.15) is 8.96 Å². The maximum absolute atomic E-state index is 13.4. The van der Waals surface area contributed by atoms with E-state index < -0.39 is 21.3 Å². The van der Waals surface area contributed by atoms with E-state index in [2.05, 4.69) is 4.98 Å². The van der Waals surface area contributed by atoms with Crippen LogP contribution in [0.2, 0.25) is 5.28 Å². The molecule has 0 saturated heterocycles. The predicted octanol–water partition coefficient (Wildman–Crippen LogP) is 2.08. The minimum absolute atomic E-state index is 0.0102. The average Bonchev–Trinajstić information content (AvgIpc) is 3.68. The Kier molecular flexibility index (Phi) is 4.74. The second-order valence-corrected chi connectivity index (χ2v) is 10.3. The Balaban J connectivity index is 1.77. The van der Waals surface area contributed by atoms with E-state index in [-0.39, 0.29) is 33.8 Å². The Morgan fingerprint density at radius 3 is 2.16 bits per heavy atom. The van der Waals surface area contributed by atoms with Crippen LogP contribution in [-0.2, 0) is 23.1 Å². The molecule has 0 unspecified atom stereocenters. The third kappa shape index (κ3) is 3.47. The second-order valence-electron chi connectivity index (χ2n) is 8.19. The summed E-state index contributed by atoms with van der Waals surface area (Å²) in [5.41, 5.74) is -1.33. The molecule has 2 aliphatic carbocycles. The fraction of sp³-hybridized carbons (Fsp3) is 0.450. The number of aromatic nitrogens is 4. The van der Waals surface area contributed by atoms with Crippen molar-refractivity contribution in [3.8, 4) is 5.75 Å². The number of halogens is 1. The van der Waals surface area contributed by atoms with Crippen molar-refractivity contribution in [2.45, 2.75) is 43.7 Å². The molecule has 2 aromatic heterocycles. The predicted molar refractivity (Wildman–Crippen MR) is 114 cm³/mol. The first-order chi connectivity index (χ1) is 14.8. The smallest absolute Gasteiger partial charge is 0.332 e. The molecule has 5 rings (SSSR count). The van der Waals surface area contributed by atoms with E-state index in [1.54, 1.807) is 0 Å². The number of fused-ring (bicyclic) bond motifs is 1. The molecule has 0 radical (unpaired) electrons. The van der Waals surface area contributed by atoms with Crippen LogP contribution in [0.3, 0.4) is 0 Å². The zero-order valence-corrected chi connectivity index (χ0v) is 18.4. The summed E-state index contributed by atoms with van der Waals surface area (Å²) < 4.78 is 35.2. The number of rotatable bonds is 7. The van der Waals surface area contributed by atoms with Crippen molar-refractivity contribution in [2.75, 3.05) is 7.11 Å². The standard InChI is InChI=1S/C20H21ClN4O5S/c1-30-14-6-8-15(9-7-14)31(28,29)25-16-17(22-19(25)21)23(10-12-2-3-12)20(27)24(18(16)26)11-13-4-5-13/h6-9,12-13H,2-5,10-11H2,1H3. The number of hydrogen-bond donors (Lipinski definition) is 0. The summed E-state index contributed by atoms with van der Waals surface area (Å²) in [7, 11) is -2.76. The van der Waals surface area contributed by atoms with E-state index >= 15 is 0 Å². The second kappa shape index (κ2) is 7.23. The molecular formula is C20H21ClN4O5S. The molecule has 0 bridgehead atoms. The maximum atomic E-state index is 13.4. The molecule has 0 amide bonds. The van der Waals surface area contributed by atoms with Gasteiger partial charge in [-0.15, -0.1) is 0 Å². The quantitative estimate of drug-likeness (QED) is 0.496. The lowest BCUT2D eigenvalue weighted by atomic mass is 10.3. The molecule has 0 atom stereocenters. The fourth-order valence-corrected chi connectivity index (χ4v) is 5.47. The molecule has 2 heterocycles. The molecule has 2 aliphatic rings. The number of imidazole rings is 1. The van der Waals surface area contributed by atoms with Gasteiger partial charge in [0, 0.05) is 13.1 Å². The maximum Gasteiger partial charge on any atom is 0.332 e. The van der Waals surface area contributed by atoms with Gasteiger partial charge in [-0.3, -0.25) is 13.9 Å². The molecular weight excluding hydrogens is 444 g/mol. The SMILES string of the molecule is COc1ccc(S(=O)(=O)n2c(Cl)nc3c2c(=O)n(CC2CC2)c(=O)n3CC2CC2)cc1. The van der Waals surface area contributed by atoms with E-state index in [1.807, 2.05) is 0 Å². The van der Waals surface area contributed by atoms with Gasteiger partial charge in [-0.1, -0.05) is 0 Å². The molecule has 2 saturated carbocycles. The molecule has 0 aliphatic heterocycles. The van der Waals surface area contributed by atoms with Gasteiger partial charge in [0.25, 0.3) is 15.6 Å². The number of ether oxygens (including phenoxy) is 1. The zero-order chi connectivity index (χ0) is 21.9. The summed E-state index contributed by atoms with van der Waals surface area (Å²) in [5.74, 6) is 1.06. The highest BCUT2D eigenvalue weighted by molar-refractivity contribution is 7.90. The number of nitrogens with zero attached hydrogens (tertiary/aromatic N) is 4. The van der Waals surface area contributed by atoms with E-state index in [1.165, 1.54) is 35.9 Å². The van der Waals surface area contributed by atoms with Crippen LogP contribution in [0.4, 0.5) is 0 Å². The Hall–Kier alpha value is -2.59. The van der Waals surface area contributed by atoms with Gasteiger partial charge in [-0.25, -0.2) is 13.2 Å². The highest BCUT2D eigenvalue weighted by Crippen LogP contribution is 2.32. The Morgan fingerprint density at radius 1 is 1.03 bits per heavy atom. The first-order valence-corrected chi connectivity index (χ1v) is 11.9. The van der Waals surface area contributed by atoms with Gasteiger partial charge in [0.15, 0.2) is 11.2 Å². The topological polar surface area (TPSA) is 105 Å². The molecule has 2 fully saturated rings. The normalized spacial score (nSPS) is 16.7. The highest BCUT2D eigenvalue weighted by atomic mass is 35.5. The largest absolute Gasteiger partial charge is 0.497 e. The molecule has 164 valence electrons. The molecule has 11 heteroatoms. The molecule has 0 N–H and O–H groups in total. The summed E-state index contributed by atoms with van der Waals surface area (Å²) in [6.45, 7) is 0.653. The van der Waals surface area contributed by atoms with Crippen molar-refractivity contribution in [2.24, 2.45) is 11.8 Å². The van der Waals surface area contributed by atoms with Crippen molar-refractivity contribution in [1.29, 1.82) is 0 Å². The zero-order valence-electron chi connectivity index (χ0n) is 16.8. The van der Waals surface area contributed by atoms with Crippen molar-refractivity contribution in [1.82, 2.24) is 18.1 Å². The van der Waals surface area contributed by atoms with Gasteiger partial charge < -0.3 is 4.74 Å². The molecule has 9 nitrogen and oxygen atoms in total. The average molecular weight is 465 g/mol.